The van der Waals surface area contributed by atoms with Gasteiger partial charge in [0.25, 0.3) is 0 Å². The number of nitrogens with two attached hydrogens (primary N) is 2. The minimum absolute atomic E-state index is 0.341. The van der Waals surface area contributed by atoms with Gasteiger partial charge < -0.3 is 30.2 Å². The molecule has 1 fully saturated rings. The predicted molar refractivity (Wildman–Crippen MR) is 118 cm³/mol. The third kappa shape index (κ3) is 4.93. The minimum Gasteiger partial charge on any atom is -0.495 e. The Kier molecular flexibility index (Phi) is 6.91. The van der Waals surface area contributed by atoms with Gasteiger partial charge in [0.15, 0.2) is 0 Å². The first-order chi connectivity index (χ1) is 13.0. The topological polar surface area (TPSA) is 89.0 Å². The lowest BCUT2D eigenvalue weighted by Crippen LogP contribution is -2.41. The molecule has 1 aliphatic heterocycles. The number of nitrogen functional groups attached to an aromatic ring is 2. The van der Waals surface area contributed by atoms with E-state index in [1.165, 1.54) is 0 Å². The first kappa shape index (κ1) is 22.4. The maximum Gasteiger partial charge on any atom is 0.494 e. The zero-order valence-electron chi connectivity index (χ0n) is 17.2. The Balaban J connectivity index is 0.000000237. The van der Waals surface area contributed by atoms with Crippen LogP contribution in [0, 0.1) is 0 Å². The molecule has 8 heteroatoms. The third-order valence-electron chi connectivity index (χ3n) is 4.97. The zero-order valence-corrected chi connectivity index (χ0v) is 18.8. The van der Waals surface area contributed by atoms with E-state index in [1.54, 1.807) is 20.3 Å². The Hall–Kier alpha value is -1.90. The van der Waals surface area contributed by atoms with Crippen LogP contribution in [-0.2, 0) is 9.31 Å². The minimum atomic E-state index is -0.386. The number of anilines is 2. The Labute approximate surface area is 175 Å². The second-order valence-corrected chi connectivity index (χ2v) is 8.39. The standard InChI is InChI=1S/C13H20BNO3.C7H8BrNO/c1-12(2)13(3,4)18-14(17-12)9-6-7-11(16-5)10(15)8-9;1-10-7-3-2-5(8)4-6(7)9/h6-8H,15H2,1-5H3;2-4H,9H2,1H3. The van der Waals surface area contributed by atoms with E-state index in [9.17, 15) is 0 Å². The van der Waals surface area contributed by atoms with Crippen molar-refractivity contribution in [2.75, 3.05) is 25.7 Å². The summed E-state index contributed by atoms with van der Waals surface area (Å²) < 4.78 is 23.0. The largest absolute Gasteiger partial charge is 0.495 e. The molecule has 2 aromatic rings. The molecule has 28 heavy (non-hydrogen) atoms. The summed E-state index contributed by atoms with van der Waals surface area (Å²) >= 11 is 3.29. The number of hydrogen-bond acceptors (Lipinski definition) is 6. The number of halogens is 1. The van der Waals surface area contributed by atoms with Crippen LogP contribution in [0.25, 0.3) is 0 Å². The van der Waals surface area contributed by atoms with Gasteiger partial charge >= 0.3 is 7.12 Å². The van der Waals surface area contributed by atoms with E-state index in [2.05, 4.69) is 15.9 Å². The zero-order chi connectivity index (χ0) is 21.1. The maximum absolute atomic E-state index is 5.96. The molecule has 6 nitrogen and oxygen atoms in total. The highest BCUT2D eigenvalue weighted by Gasteiger charge is 2.51. The van der Waals surface area contributed by atoms with Crippen molar-refractivity contribution in [1.29, 1.82) is 0 Å². The molecule has 0 saturated carbocycles. The molecule has 4 N–H and O–H groups in total. The van der Waals surface area contributed by atoms with Crippen LogP contribution in [0.1, 0.15) is 27.7 Å². The highest BCUT2D eigenvalue weighted by Crippen LogP contribution is 2.36. The Bertz CT molecular complexity index is 814. The highest BCUT2D eigenvalue weighted by molar-refractivity contribution is 9.10. The molecule has 3 rings (SSSR count). The Morgan fingerprint density at radius 2 is 1.29 bits per heavy atom. The first-order valence-corrected chi connectivity index (χ1v) is 9.68. The van der Waals surface area contributed by atoms with Crippen LogP contribution < -0.4 is 26.4 Å². The molecule has 0 radical (unpaired) electrons. The lowest BCUT2D eigenvalue weighted by molar-refractivity contribution is 0.00578. The number of rotatable bonds is 3. The van der Waals surface area contributed by atoms with E-state index < -0.39 is 0 Å². The van der Waals surface area contributed by atoms with E-state index in [0.29, 0.717) is 22.9 Å². The Morgan fingerprint density at radius 1 is 0.821 bits per heavy atom. The van der Waals surface area contributed by atoms with Gasteiger partial charge in [-0.05, 0) is 63.5 Å². The van der Waals surface area contributed by atoms with Crippen molar-refractivity contribution in [2.24, 2.45) is 0 Å². The van der Waals surface area contributed by atoms with Gasteiger partial charge in [0, 0.05) is 4.47 Å². The van der Waals surface area contributed by atoms with Gasteiger partial charge in [0.1, 0.15) is 11.5 Å². The predicted octanol–water partition coefficient (Wildman–Crippen LogP) is 3.62. The van der Waals surface area contributed by atoms with E-state index in [4.69, 9.17) is 30.2 Å². The number of ether oxygens (including phenoxy) is 2. The molecule has 2 aromatic carbocycles. The summed E-state index contributed by atoms with van der Waals surface area (Å²) in [5.74, 6) is 1.37. The molecule has 0 spiro atoms. The van der Waals surface area contributed by atoms with Gasteiger partial charge in [0.05, 0.1) is 36.8 Å². The number of methoxy groups -OCH3 is 2. The normalized spacial score (nSPS) is 16.9. The summed E-state index contributed by atoms with van der Waals surface area (Å²) in [6, 6.07) is 11.1. The molecule has 0 bridgehead atoms. The van der Waals surface area contributed by atoms with Crippen molar-refractivity contribution in [3.63, 3.8) is 0 Å². The van der Waals surface area contributed by atoms with Crippen LogP contribution in [-0.4, -0.2) is 32.5 Å². The average molecular weight is 451 g/mol. The molecule has 0 unspecified atom stereocenters. The molecule has 0 amide bonds. The van der Waals surface area contributed by atoms with Crippen molar-refractivity contribution < 1.29 is 18.8 Å². The van der Waals surface area contributed by atoms with Crippen LogP contribution in [0.5, 0.6) is 11.5 Å². The molecule has 0 aromatic heterocycles. The SMILES string of the molecule is COc1ccc(B2OC(C)(C)C(C)(C)O2)cc1N.COc1ccc(Br)cc1N. The van der Waals surface area contributed by atoms with Gasteiger partial charge in [-0.25, -0.2) is 0 Å². The average Bonchev–Trinajstić information content (AvgIpc) is 2.83. The van der Waals surface area contributed by atoms with Crippen molar-refractivity contribution in [3.05, 3.63) is 40.9 Å². The smallest absolute Gasteiger partial charge is 0.494 e. The van der Waals surface area contributed by atoms with Gasteiger partial charge in [-0.1, -0.05) is 22.0 Å². The summed E-state index contributed by atoms with van der Waals surface area (Å²) in [7, 11) is 2.81. The number of benzene rings is 2. The lowest BCUT2D eigenvalue weighted by Gasteiger charge is -2.32. The van der Waals surface area contributed by atoms with E-state index >= 15 is 0 Å². The summed E-state index contributed by atoms with van der Waals surface area (Å²) in [6.07, 6.45) is 0. The lowest BCUT2D eigenvalue weighted by atomic mass is 9.79. The van der Waals surface area contributed by atoms with Gasteiger partial charge in [-0.2, -0.15) is 0 Å². The molecule has 0 aliphatic carbocycles. The monoisotopic (exact) mass is 450 g/mol. The molecule has 152 valence electrons. The van der Waals surface area contributed by atoms with Gasteiger partial charge in [-0.3, -0.25) is 0 Å². The maximum atomic E-state index is 5.96. The van der Waals surface area contributed by atoms with Crippen LogP contribution >= 0.6 is 15.9 Å². The van der Waals surface area contributed by atoms with Crippen molar-refractivity contribution in [1.82, 2.24) is 0 Å². The summed E-state index contributed by atoms with van der Waals surface area (Å²) in [5, 5.41) is 0. The second kappa shape index (κ2) is 8.63. The van der Waals surface area contributed by atoms with Crippen LogP contribution in [0.2, 0.25) is 0 Å². The number of hydrogen-bond donors (Lipinski definition) is 2. The summed E-state index contributed by atoms with van der Waals surface area (Å²) in [5.41, 5.74) is 12.9. The third-order valence-corrected chi connectivity index (χ3v) is 5.46. The van der Waals surface area contributed by atoms with E-state index in [-0.39, 0.29) is 18.3 Å². The fourth-order valence-electron chi connectivity index (χ4n) is 2.58. The summed E-state index contributed by atoms with van der Waals surface area (Å²) in [4.78, 5) is 0. The highest BCUT2D eigenvalue weighted by atomic mass is 79.9. The van der Waals surface area contributed by atoms with Crippen molar-refractivity contribution in [2.45, 2.75) is 38.9 Å². The van der Waals surface area contributed by atoms with Gasteiger partial charge in [0.2, 0.25) is 0 Å². The molecule has 1 aliphatic rings. The first-order valence-electron chi connectivity index (χ1n) is 8.89. The molecule has 1 heterocycles. The van der Waals surface area contributed by atoms with Crippen LogP contribution in [0.3, 0.4) is 0 Å². The van der Waals surface area contributed by atoms with Crippen LogP contribution in [0.15, 0.2) is 40.9 Å². The fourth-order valence-corrected chi connectivity index (χ4v) is 2.96. The molecule has 1 saturated heterocycles. The Morgan fingerprint density at radius 3 is 1.71 bits per heavy atom. The molecule has 0 atom stereocenters. The van der Waals surface area contributed by atoms with Gasteiger partial charge in [-0.15, -0.1) is 0 Å². The summed E-state index contributed by atoms with van der Waals surface area (Å²) in [6.45, 7) is 8.11. The van der Waals surface area contributed by atoms with Crippen molar-refractivity contribution >= 4 is 39.9 Å². The molecular weight excluding hydrogens is 423 g/mol. The quantitative estimate of drug-likeness (QED) is 0.548. The van der Waals surface area contributed by atoms with E-state index in [0.717, 1.165) is 9.94 Å². The van der Waals surface area contributed by atoms with Crippen molar-refractivity contribution in [3.8, 4) is 11.5 Å². The van der Waals surface area contributed by atoms with Crippen LogP contribution in [0.4, 0.5) is 11.4 Å². The molecular formula is C20H28BBrN2O4. The second-order valence-electron chi connectivity index (χ2n) is 7.48. The van der Waals surface area contributed by atoms with E-state index in [1.807, 2.05) is 58.0 Å². The fraction of sp³-hybridized carbons (Fsp3) is 0.400.